The van der Waals surface area contributed by atoms with Crippen LogP contribution in [0.15, 0.2) is 18.2 Å². The van der Waals surface area contributed by atoms with Gasteiger partial charge in [-0.05, 0) is 66.5 Å². The van der Waals surface area contributed by atoms with Crippen LogP contribution in [0, 0.1) is 22.6 Å². The average Bonchev–Trinajstić information content (AvgIpc) is 2.42. The molecule has 1 aromatic rings. The van der Waals surface area contributed by atoms with E-state index in [2.05, 4.69) is 36.7 Å². The molecule has 0 unspecified atom stereocenters. The SMILES string of the molecule is CC(C)(C)C1CCC(CBr)(Cc2ccc(Cl)c(F)c2)CC1. The van der Waals surface area contributed by atoms with E-state index >= 15 is 0 Å². The van der Waals surface area contributed by atoms with E-state index in [9.17, 15) is 4.39 Å². The van der Waals surface area contributed by atoms with Gasteiger partial charge in [0.2, 0.25) is 0 Å². The van der Waals surface area contributed by atoms with Crippen molar-refractivity contribution in [2.24, 2.45) is 16.7 Å². The van der Waals surface area contributed by atoms with Crippen LogP contribution in [-0.4, -0.2) is 5.33 Å². The Hall–Kier alpha value is -0.0800. The molecule has 1 saturated carbocycles. The van der Waals surface area contributed by atoms with Crippen molar-refractivity contribution < 1.29 is 4.39 Å². The molecule has 0 bridgehead atoms. The van der Waals surface area contributed by atoms with Crippen molar-refractivity contribution in [1.29, 1.82) is 0 Å². The molecule has 2 rings (SSSR count). The van der Waals surface area contributed by atoms with Crippen molar-refractivity contribution in [3.63, 3.8) is 0 Å². The molecular weight excluding hydrogens is 351 g/mol. The van der Waals surface area contributed by atoms with Crippen LogP contribution in [0.4, 0.5) is 4.39 Å². The van der Waals surface area contributed by atoms with Crippen molar-refractivity contribution in [2.45, 2.75) is 52.9 Å². The Kier molecular flexibility index (Phi) is 5.41. The normalized spacial score (nSPS) is 26.9. The van der Waals surface area contributed by atoms with Gasteiger partial charge in [0.25, 0.3) is 0 Å². The van der Waals surface area contributed by atoms with Crippen molar-refractivity contribution in [3.05, 3.63) is 34.6 Å². The van der Waals surface area contributed by atoms with E-state index in [0.717, 1.165) is 23.2 Å². The minimum atomic E-state index is -0.303. The third-order valence-corrected chi connectivity index (χ3v) is 6.61. The highest BCUT2D eigenvalue weighted by Gasteiger charge is 2.38. The van der Waals surface area contributed by atoms with Crippen molar-refractivity contribution in [3.8, 4) is 0 Å². The van der Waals surface area contributed by atoms with Crippen LogP contribution in [0.1, 0.15) is 52.0 Å². The summed E-state index contributed by atoms with van der Waals surface area (Å²) in [7, 11) is 0. The molecule has 0 spiro atoms. The molecule has 21 heavy (non-hydrogen) atoms. The Labute approximate surface area is 141 Å². The highest BCUT2D eigenvalue weighted by molar-refractivity contribution is 9.09. The average molecular weight is 376 g/mol. The van der Waals surface area contributed by atoms with Gasteiger partial charge in [-0.1, -0.05) is 54.4 Å². The number of hydrogen-bond donors (Lipinski definition) is 0. The lowest BCUT2D eigenvalue weighted by molar-refractivity contribution is 0.103. The summed E-state index contributed by atoms with van der Waals surface area (Å²) in [5.41, 5.74) is 1.72. The Bertz CT molecular complexity index is 484. The van der Waals surface area contributed by atoms with Crippen LogP contribution in [0.2, 0.25) is 5.02 Å². The maximum Gasteiger partial charge on any atom is 0.142 e. The number of rotatable bonds is 3. The van der Waals surface area contributed by atoms with Gasteiger partial charge in [0, 0.05) is 5.33 Å². The first-order valence-electron chi connectivity index (χ1n) is 7.76. The van der Waals surface area contributed by atoms with Crippen LogP contribution in [0.25, 0.3) is 0 Å². The first-order valence-corrected chi connectivity index (χ1v) is 9.26. The molecule has 1 fully saturated rings. The molecule has 0 aliphatic heterocycles. The van der Waals surface area contributed by atoms with E-state index in [4.69, 9.17) is 11.6 Å². The summed E-state index contributed by atoms with van der Waals surface area (Å²) in [4.78, 5) is 0. The van der Waals surface area contributed by atoms with Gasteiger partial charge >= 0.3 is 0 Å². The zero-order chi connectivity index (χ0) is 15.7. The summed E-state index contributed by atoms with van der Waals surface area (Å²) in [5, 5.41) is 1.20. The minimum absolute atomic E-state index is 0.211. The number of benzene rings is 1. The molecule has 1 aliphatic carbocycles. The molecule has 118 valence electrons. The van der Waals surface area contributed by atoms with Crippen LogP contribution in [0.3, 0.4) is 0 Å². The number of alkyl halides is 1. The van der Waals surface area contributed by atoms with Crippen LogP contribution >= 0.6 is 27.5 Å². The van der Waals surface area contributed by atoms with Crippen LogP contribution < -0.4 is 0 Å². The van der Waals surface area contributed by atoms with Crippen LogP contribution in [0.5, 0.6) is 0 Å². The summed E-state index contributed by atoms with van der Waals surface area (Å²) >= 11 is 9.49. The molecule has 1 aliphatic rings. The monoisotopic (exact) mass is 374 g/mol. The van der Waals surface area contributed by atoms with Gasteiger partial charge in [-0.15, -0.1) is 0 Å². The summed E-state index contributed by atoms with van der Waals surface area (Å²) in [6.45, 7) is 7.02. The van der Waals surface area contributed by atoms with E-state index in [1.807, 2.05) is 6.07 Å². The zero-order valence-corrected chi connectivity index (χ0v) is 15.5. The van der Waals surface area contributed by atoms with Crippen molar-refractivity contribution in [2.75, 3.05) is 5.33 Å². The van der Waals surface area contributed by atoms with Crippen molar-refractivity contribution >= 4 is 27.5 Å². The Morgan fingerprint density at radius 3 is 2.38 bits per heavy atom. The Morgan fingerprint density at radius 1 is 1.29 bits per heavy atom. The smallest absolute Gasteiger partial charge is 0.142 e. The Morgan fingerprint density at radius 2 is 1.90 bits per heavy atom. The predicted molar refractivity (Wildman–Crippen MR) is 92.8 cm³/mol. The van der Waals surface area contributed by atoms with Gasteiger partial charge in [-0.2, -0.15) is 0 Å². The molecule has 0 nitrogen and oxygen atoms in total. The zero-order valence-electron chi connectivity index (χ0n) is 13.2. The summed E-state index contributed by atoms with van der Waals surface area (Å²) in [6.07, 6.45) is 5.90. The van der Waals surface area contributed by atoms with Gasteiger partial charge in [-0.25, -0.2) is 4.39 Å². The van der Waals surface area contributed by atoms with Crippen LogP contribution in [-0.2, 0) is 6.42 Å². The molecule has 0 saturated heterocycles. The summed E-state index contributed by atoms with van der Waals surface area (Å²) < 4.78 is 13.6. The molecule has 0 aromatic heterocycles. The summed E-state index contributed by atoms with van der Waals surface area (Å²) in [5.74, 6) is 0.494. The molecule has 0 N–H and O–H groups in total. The lowest BCUT2D eigenvalue weighted by atomic mass is 9.63. The van der Waals surface area contributed by atoms with Gasteiger partial charge in [0.05, 0.1) is 5.02 Å². The quantitative estimate of drug-likeness (QED) is 0.519. The van der Waals surface area contributed by atoms with E-state index in [0.29, 0.717) is 5.41 Å². The van der Waals surface area contributed by atoms with E-state index in [1.165, 1.54) is 25.7 Å². The maximum atomic E-state index is 13.6. The second kappa shape index (κ2) is 6.58. The van der Waals surface area contributed by atoms with Crippen molar-refractivity contribution in [1.82, 2.24) is 0 Å². The molecule has 3 heteroatoms. The Balaban J connectivity index is 2.08. The fraction of sp³-hybridized carbons (Fsp3) is 0.667. The second-order valence-electron chi connectivity index (χ2n) is 7.70. The standard InChI is InChI=1S/C18H25BrClF/c1-17(2,3)14-6-8-18(12-19,9-7-14)11-13-4-5-15(20)16(21)10-13/h4-5,10,14H,6-9,11-12H2,1-3H3. The predicted octanol–water partition coefficient (Wildman–Crippen LogP) is 6.64. The fourth-order valence-corrected chi connectivity index (χ4v) is 4.41. The third-order valence-electron chi connectivity index (χ3n) is 5.12. The molecular formula is C18H25BrClF. The second-order valence-corrected chi connectivity index (χ2v) is 8.67. The number of hydrogen-bond acceptors (Lipinski definition) is 0. The highest BCUT2D eigenvalue weighted by Crippen LogP contribution is 2.47. The molecule has 1 aromatic carbocycles. The van der Waals surface area contributed by atoms with E-state index in [1.54, 1.807) is 12.1 Å². The first kappa shape index (κ1) is 17.3. The largest absolute Gasteiger partial charge is 0.205 e. The summed E-state index contributed by atoms with van der Waals surface area (Å²) in [6, 6.07) is 5.24. The first-order chi connectivity index (χ1) is 9.76. The topological polar surface area (TPSA) is 0 Å². The molecule has 0 heterocycles. The minimum Gasteiger partial charge on any atom is -0.205 e. The maximum absolute atomic E-state index is 13.6. The van der Waals surface area contributed by atoms with Gasteiger partial charge in [-0.3, -0.25) is 0 Å². The molecule has 0 radical (unpaired) electrons. The fourth-order valence-electron chi connectivity index (χ4n) is 3.54. The lowest BCUT2D eigenvalue weighted by Gasteiger charge is -2.43. The van der Waals surface area contributed by atoms with Gasteiger partial charge in [0.15, 0.2) is 0 Å². The number of halogens is 3. The lowest BCUT2D eigenvalue weighted by Crippen LogP contribution is -2.35. The van der Waals surface area contributed by atoms with Gasteiger partial charge < -0.3 is 0 Å². The molecule has 0 amide bonds. The molecule has 0 atom stereocenters. The van der Waals surface area contributed by atoms with Gasteiger partial charge in [0.1, 0.15) is 5.82 Å². The van der Waals surface area contributed by atoms with E-state index in [-0.39, 0.29) is 16.3 Å². The third kappa shape index (κ3) is 4.22. The van der Waals surface area contributed by atoms with E-state index < -0.39 is 0 Å². The highest BCUT2D eigenvalue weighted by atomic mass is 79.9.